The molecule has 2 aromatic rings. The number of carbonyl (C=O) groups is 2. The van der Waals surface area contributed by atoms with E-state index in [1.807, 2.05) is 19.1 Å². The van der Waals surface area contributed by atoms with Crippen molar-refractivity contribution in [2.24, 2.45) is 0 Å². The number of nitrogens with zero attached hydrogens (tertiary/aromatic N) is 2. The number of hydrogen-bond acceptors (Lipinski definition) is 5. The quantitative estimate of drug-likeness (QED) is 0.296. The average molecular weight is 427 g/mol. The Balaban J connectivity index is 2.17. The van der Waals surface area contributed by atoms with Crippen molar-refractivity contribution in [2.45, 2.75) is 20.8 Å². The van der Waals surface area contributed by atoms with Crippen LogP contribution in [0.4, 0.5) is 11.4 Å². The molecular formula is C22H19ClN2O5. The highest BCUT2D eigenvalue weighted by atomic mass is 35.5. The molecule has 0 saturated heterocycles. The smallest absolute Gasteiger partial charge is 0.340 e. The summed E-state index contributed by atoms with van der Waals surface area (Å²) < 4.78 is 5.15. The van der Waals surface area contributed by atoms with Crippen LogP contribution in [-0.2, 0) is 14.3 Å². The number of nitro groups is 1. The summed E-state index contributed by atoms with van der Waals surface area (Å²) in [6, 6.07) is 11.2. The molecule has 1 aliphatic rings. The van der Waals surface area contributed by atoms with Gasteiger partial charge in [-0.25, -0.2) is 4.79 Å². The molecule has 154 valence electrons. The third-order valence-corrected chi connectivity index (χ3v) is 5.01. The maximum atomic E-state index is 13.3. The molecule has 0 fully saturated rings. The van der Waals surface area contributed by atoms with Gasteiger partial charge in [0.15, 0.2) is 0 Å². The van der Waals surface area contributed by atoms with Crippen molar-refractivity contribution in [2.75, 3.05) is 11.5 Å². The van der Waals surface area contributed by atoms with Crippen molar-refractivity contribution in [3.63, 3.8) is 0 Å². The van der Waals surface area contributed by atoms with Gasteiger partial charge in [0.1, 0.15) is 0 Å². The van der Waals surface area contributed by atoms with Crippen LogP contribution in [0.3, 0.4) is 0 Å². The molecule has 1 amide bonds. The molecule has 30 heavy (non-hydrogen) atoms. The summed E-state index contributed by atoms with van der Waals surface area (Å²) in [6.45, 7) is 5.39. The van der Waals surface area contributed by atoms with Gasteiger partial charge in [-0.05, 0) is 45.0 Å². The third kappa shape index (κ3) is 3.97. The predicted molar refractivity (Wildman–Crippen MR) is 114 cm³/mol. The first kappa shape index (κ1) is 21.3. The minimum Gasteiger partial charge on any atom is -0.462 e. The van der Waals surface area contributed by atoms with E-state index in [9.17, 15) is 19.7 Å². The van der Waals surface area contributed by atoms with Crippen LogP contribution in [-0.4, -0.2) is 23.4 Å². The van der Waals surface area contributed by atoms with Gasteiger partial charge in [-0.2, -0.15) is 0 Å². The highest BCUT2D eigenvalue weighted by molar-refractivity contribution is 6.32. The van der Waals surface area contributed by atoms with E-state index < -0.39 is 16.8 Å². The van der Waals surface area contributed by atoms with Crippen molar-refractivity contribution in [1.29, 1.82) is 0 Å². The molecule has 0 radical (unpaired) electrons. The zero-order valence-electron chi connectivity index (χ0n) is 16.6. The second-order valence-corrected chi connectivity index (χ2v) is 7.09. The third-order valence-electron chi connectivity index (χ3n) is 4.66. The SMILES string of the molecule is CCOC(=O)C1=C(C)N(c2ccc(C)cc2)C(=O)/C1=C\c1cc([N+](=O)[O-])ccc1Cl. The number of aryl methyl sites for hydroxylation is 1. The Morgan fingerprint density at radius 3 is 2.47 bits per heavy atom. The maximum absolute atomic E-state index is 13.3. The van der Waals surface area contributed by atoms with E-state index >= 15 is 0 Å². The number of benzene rings is 2. The first-order valence-electron chi connectivity index (χ1n) is 9.19. The topological polar surface area (TPSA) is 89.8 Å². The van der Waals surface area contributed by atoms with Crippen molar-refractivity contribution in [1.82, 2.24) is 0 Å². The molecule has 1 aliphatic heterocycles. The molecule has 0 atom stereocenters. The van der Waals surface area contributed by atoms with Gasteiger partial charge in [0, 0.05) is 34.1 Å². The predicted octanol–water partition coefficient (Wildman–Crippen LogP) is 4.82. The van der Waals surface area contributed by atoms with Gasteiger partial charge in [0.05, 0.1) is 22.7 Å². The number of nitro benzene ring substituents is 1. The van der Waals surface area contributed by atoms with E-state index in [0.717, 1.165) is 5.56 Å². The van der Waals surface area contributed by atoms with E-state index in [2.05, 4.69) is 0 Å². The van der Waals surface area contributed by atoms with Crippen molar-refractivity contribution < 1.29 is 19.2 Å². The van der Waals surface area contributed by atoms with Crippen LogP contribution in [0.15, 0.2) is 59.3 Å². The molecule has 0 spiro atoms. The number of esters is 1. The van der Waals surface area contributed by atoms with E-state index in [4.69, 9.17) is 16.3 Å². The molecule has 8 heteroatoms. The number of non-ortho nitro benzene ring substituents is 1. The Kier molecular flexibility index (Phi) is 6.03. The Labute approximate surface area is 178 Å². The zero-order valence-corrected chi connectivity index (χ0v) is 17.4. The van der Waals surface area contributed by atoms with Crippen LogP contribution in [0, 0.1) is 17.0 Å². The molecule has 0 aliphatic carbocycles. The highest BCUT2D eigenvalue weighted by Gasteiger charge is 2.38. The van der Waals surface area contributed by atoms with Crippen LogP contribution < -0.4 is 4.90 Å². The summed E-state index contributed by atoms with van der Waals surface area (Å²) in [5, 5.41) is 11.3. The molecule has 3 rings (SSSR count). The van der Waals surface area contributed by atoms with Crippen molar-refractivity contribution in [3.05, 3.63) is 85.6 Å². The monoisotopic (exact) mass is 426 g/mol. The molecule has 7 nitrogen and oxygen atoms in total. The number of ether oxygens (including phenoxy) is 1. The minimum absolute atomic E-state index is 0.0638. The molecule has 0 aromatic heterocycles. The van der Waals surface area contributed by atoms with Gasteiger partial charge in [0.2, 0.25) is 0 Å². The number of anilines is 1. The van der Waals surface area contributed by atoms with Crippen LogP contribution in [0.2, 0.25) is 5.02 Å². The zero-order chi connectivity index (χ0) is 22.0. The molecular weight excluding hydrogens is 408 g/mol. The number of rotatable bonds is 5. The van der Waals surface area contributed by atoms with Gasteiger partial charge >= 0.3 is 5.97 Å². The number of allylic oxidation sites excluding steroid dienone is 1. The lowest BCUT2D eigenvalue weighted by molar-refractivity contribution is -0.384. The van der Waals surface area contributed by atoms with Crippen LogP contribution in [0.1, 0.15) is 25.0 Å². The summed E-state index contributed by atoms with van der Waals surface area (Å²) >= 11 is 6.20. The summed E-state index contributed by atoms with van der Waals surface area (Å²) in [5.74, 6) is -1.09. The lowest BCUT2D eigenvalue weighted by Crippen LogP contribution is -2.24. The largest absolute Gasteiger partial charge is 0.462 e. The normalized spacial score (nSPS) is 15.1. The summed E-state index contributed by atoms with van der Waals surface area (Å²) in [6.07, 6.45) is 1.39. The number of halogens is 1. The molecule has 0 N–H and O–H groups in total. The molecule has 0 saturated carbocycles. The van der Waals surface area contributed by atoms with Crippen molar-refractivity contribution in [3.8, 4) is 0 Å². The van der Waals surface area contributed by atoms with Gasteiger partial charge in [-0.1, -0.05) is 29.3 Å². The Morgan fingerprint density at radius 2 is 1.87 bits per heavy atom. The highest BCUT2D eigenvalue weighted by Crippen LogP contribution is 2.36. The van der Waals surface area contributed by atoms with E-state index in [1.165, 1.54) is 29.2 Å². The molecule has 2 aromatic carbocycles. The van der Waals surface area contributed by atoms with Gasteiger partial charge < -0.3 is 4.74 Å². The number of amides is 1. The number of hydrogen-bond donors (Lipinski definition) is 0. The molecule has 1 heterocycles. The first-order valence-corrected chi connectivity index (χ1v) is 9.57. The second-order valence-electron chi connectivity index (χ2n) is 6.68. The van der Waals surface area contributed by atoms with Crippen LogP contribution in [0.5, 0.6) is 0 Å². The van der Waals surface area contributed by atoms with E-state index in [1.54, 1.807) is 26.0 Å². The van der Waals surface area contributed by atoms with E-state index in [-0.39, 0.29) is 34.0 Å². The number of carbonyl (C=O) groups excluding carboxylic acids is 2. The minimum atomic E-state index is -0.647. The fourth-order valence-corrected chi connectivity index (χ4v) is 3.37. The lowest BCUT2D eigenvalue weighted by atomic mass is 10.0. The van der Waals surface area contributed by atoms with Gasteiger partial charge in [-0.15, -0.1) is 0 Å². The Hall–Kier alpha value is -3.45. The average Bonchev–Trinajstić information content (AvgIpc) is 2.94. The fourth-order valence-electron chi connectivity index (χ4n) is 3.20. The summed E-state index contributed by atoms with van der Waals surface area (Å²) in [4.78, 5) is 37.9. The Morgan fingerprint density at radius 1 is 1.20 bits per heavy atom. The van der Waals surface area contributed by atoms with Crippen LogP contribution in [0.25, 0.3) is 6.08 Å². The van der Waals surface area contributed by atoms with Gasteiger partial charge in [-0.3, -0.25) is 19.8 Å². The van der Waals surface area contributed by atoms with Crippen molar-refractivity contribution >= 4 is 40.9 Å². The fraction of sp³-hybridized carbons (Fsp3) is 0.182. The first-order chi connectivity index (χ1) is 14.2. The second kappa shape index (κ2) is 8.51. The summed E-state index contributed by atoms with van der Waals surface area (Å²) in [7, 11) is 0. The lowest BCUT2D eigenvalue weighted by Gasteiger charge is -2.18. The molecule has 0 bridgehead atoms. The summed E-state index contributed by atoms with van der Waals surface area (Å²) in [5.41, 5.74) is 2.28. The van der Waals surface area contributed by atoms with E-state index in [0.29, 0.717) is 11.4 Å². The molecule has 0 unspecified atom stereocenters. The Bertz CT molecular complexity index is 1100. The van der Waals surface area contributed by atoms with Gasteiger partial charge in [0.25, 0.3) is 11.6 Å². The standard InChI is InChI=1S/C22H19ClN2O5/c1-4-30-22(27)20-14(3)24(16-7-5-13(2)6-8-16)21(26)18(20)12-15-11-17(25(28)29)9-10-19(15)23/h5-12H,4H2,1-3H3/b18-12-. The maximum Gasteiger partial charge on any atom is 0.340 e. The van der Waals surface area contributed by atoms with Crippen LogP contribution >= 0.6 is 11.6 Å².